The van der Waals surface area contributed by atoms with E-state index in [-0.39, 0.29) is 5.97 Å². The highest BCUT2D eigenvalue weighted by atomic mass is 35.5. The second-order valence-corrected chi connectivity index (χ2v) is 8.01. The van der Waals surface area contributed by atoms with E-state index in [1.165, 1.54) is 6.33 Å². The lowest BCUT2D eigenvalue weighted by atomic mass is 9.96. The van der Waals surface area contributed by atoms with Gasteiger partial charge in [0.05, 0.1) is 12.2 Å². The molecule has 166 valence electrons. The van der Waals surface area contributed by atoms with E-state index in [0.29, 0.717) is 41.2 Å². The summed E-state index contributed by atoms with van der Waals surface area (Å²) >= 11 is 6.04. The van der Waals surface area contributed by atoms with Gasteiger partial charge in [0.25, 0.3) is 0 Å². The largest absolute Gasteiger partial charge is 0.489 e. The maximum Gasteiger partial charge on any atom is 0.338 e. The van der Waals surface area contributed by atoms with Crippen LogP contribution in [0.15, 0.2) is 66.1 Å². The lowest BCUT2D eigenvalue weighted by Crippen LogP contribution is -2.29. The molecule has 3 aromatic rings. The topological polar surface area (TPSA) is 78.3 Å². The smallest absolute Gasteiger partial charge is 0.338 e. The van der Waals surface area contributed by atoms with Gasteiger partial charge in [-0.25, -0.2) is 9.48 Å². The van der Waals surface area contributed by atoms with E-state index in [1.54, 1.807) is 4.68 Å². The molecule has 7 nitrogen and oxygen atoms in total. The number of rotatable bonds is 8. The van der Waals surface area contributed by atoms with Crippen LogP contribution in [0, 0.1) is 0 Å². The Morgan fingerprint density at radius 2 is 2.03 bits per heavy atom. The molecule has 1 aliphatic rings. The van der Waals surface area contributed by atoms with Crippen molar-refractivity contribution in [3.8, 4) is 5.75 Å². The molecule has 0 saturated heterocycles. The predicted octanol–water partition coefficient (Wildman–Crippen LogP) is 5.14. The van der Waals surface area contributed by atoms with Crippen LogP contribution in [-0.2, 0) is 16.1 Å². The zero-order chi connectivity index (χ0) is 22.5. The molecule has 2 heterocycles. The molecular weight excluding hydrogens is 428 g/mol. The first-order valence-electron chi connectivity index (χ1n) is 10.6. The molecule has 1 atom stereocenters. The number of carbonyl (C=O) groups excluding carboxylic acids is 1. The van der Waals surface area contributed by atoms with E-state index in [0.717, 1.165) is 24.0 Å². The normalized spacial score (nSPS) is 15.2. The van der Waals surface area contributed by atoms with Crippen molar-refractivity contribution in [1.82, 2.24) is 14.8 Å². The van der Waals surface area contributed by atoms with Crippen LogP contribution in [0.25, 0.3) is 0 Å². The van der Waals surface area contributed by atoms with Gasteiger partial charge in [-0.05, 0) is 48.7 Å². The lowest BCUT2D eigenvalue weighted by molar-refractivity contribution is -0.139. The molecule has 0 saturated carbocycles. The summed E-state index contributed by atoms with van der Waals surface area (Å²) in [7, 11) is 0. The third kappa shape index (κ3) is 4.78. The molecular formula is C24H25ClN4O3. The van der Waals surface area contributed by atoms with Gasteiger partial charge in [-0.2, -0.15) is 10.1 Å². The van der Waals surface area contributed by atoms with Gasteiger partial charge >= 0.3 is 5.97 Å². The zero-order valence-corrected chi connectivity index (χ0v) is 18.8. The third-order valence-corrected chi connectivity index (χ3v) is 5.47. The highest BCUT2D eigenvalue weighted by molar-refractivity contribution is 6.30. The number of carbonyl (C=O) groups is 1. The van der Waals surface area contributed by atoms with Crippen molar-refractivity contribution in [2.45, 2.75) is 39.3 Å². The Morgan fingerprint density at radius 1 is 1.22 bits per heavy atom. The molecule has 1 aliphatic heterocycles. The van der Waals surface area contributed by atoms with Crippen LogP contribution < -0.4 is 10.1 Å². The highest BCUT2D eigenvalue weighted by Crippen LogP contribution is 2.35. The predicted molar refractivity (Wildman–Crippen MR) is 123 cm³/mol. The van der Waals surface area contributed by atoms with Gasteiger partial charge in [-0.15, -0.1) is 0 Å². The standard InChI is InChI=1S/C24H25ClN4O3/c1-3-4-12-31-23(30)21-16(2)28-24-26-15-27-29(24)22(21)18-8-10-20(11-9-18)32-14-17-6-5-7-19(25)13-17/h5-11,13,15,22H,3-4,12,14H2,1-2H3,(H,26,27,28). The van der Waals surface area contributed by atoms with Crippen molar-refractivity contribution in [3.05, 3.63) is 82.3 Å². The fourth-order valence-electron chi connectivity index (χ4n) is 3.59. The third-order valence-electron chi connectivity index (χ3n) is 5.24. The van der Waals surface area contributed by atoms with Crippen LogP contribution in [0.1, 0.15) is 43.9 Å². The molecule has 0 amide bonds. The average Bonchev–Trinajstić information content (AvgIpc) is 3.25. The number of halogens is 1. The first-order valence-corrected chi connectivity index (χ1v) is 11.0. The van der Waals surface area contributed by atoms with Crippen molar-refractivity contribution in [2.24, 2.45) is 0 Å². The number of nitrogens with zero attached hydrogens (tertiary/aromatic N) is 3. The summed E-state index contributed by atoms with van der Waals surface area (Å²) < 4.78 is 13.1. The summed E-state index contributed by atoms with van der Waals surface area (Å²) in [6, 6.07) is 14.8. The Labute approximate surface area is 192 Å². The van der Waals surface area contributed by atoms with Crippen molar-refractivity contribution in [1.29, 1.82) is 0 Å². The van der Waals surface area contributed by atoms with Crippen LogP contribution in [0.3, 0.4) is 0 Å². The quantitative estimate of drug-likeness (QED) is 0.376. The van der Waals surface area contributed by atoms with Crippen LogP contribution in [-0.4, -0.2) is 27.3 Å². The van der Waals surface area contributed by atoms with Gasteiger partial charge in [0, 0.05) is 10.7 Å². The summed E-state index contributed by atoms with van der Waals surface area (Å²) in [4.78, 5) is 17.2. The highest BCUT2D eigenvalue weighted by Gasteiger charge is 2.34. The molecule has 8 heteroatoms. The van der Waals surface area contributed by atoms with Crippen LogP contribution in [0.2, 0.25) is 5.02 Å². The summed E-state index contributed by atoms with van der Waals surface area (Å²) in [5.41, 5.74) is 3.10. The SMILES string of the molecule is CCCCOC(=O)C1=C(C)Nc2ncnn2C1c1ccc(OCc2cccc(Cl)c2)cc1. The van der Waals surface area contributed by atoms with Gasteiger partial charge in [-0.1, -0.05) is 49.2 Å². The van der Waals surface area contributed by atoms with Crippen LogP contribution in [0.5, 0.6) is 5.75 Å². The molecule has 2 aromatic carbocycles. The summed E-state index contributed by atoms with van der Waals surface area (Å²) in [5, 5.41) is 8.17. The first-order chi connectivity index (χ1) is 15.6. The maximum absolute atomic E-state index is 12.9. The minimum atomic E-state index is -0.440. The number of aromatic nitrogens is 3. The van der Waals surface area contributed by atoms with Crippen LogP contribution in [0.4, 0.5) is 5.95 Å². The number of hydrogen-bond donors (Lipinski definition) is 1. The second-order valence-electron chi connectivity index (χ2n) is 7.57. The number of nitrogens with one attached hydrogen (secondary N) is 1. The Balaban J connectivity index is 1.56. The minimum Gasteiger partial charge on any atom is -0.489 e. The molecule has 32 heavy (non-hydrogen) atoms. The number of esters is 1. The van der Waals surface area contributed by atoms with Gasteiger partial charge in [-0.3, -0.25) is 0 Å². The lowest BCUT2D eigenvalue weighted by Gasteiger charge is -2.28. The molecule has 0 radical (unpaired) electrons. The van der Waals surface area contributed by atoms with E-state index >= 15 is 0 Å². The number of unbranched alkanes of at least 4 members (excludes halogenated alkanes) is 1. The molecule has 1 aromatic heterocycles. The number of hydrogen-bond acceptors (Lipinski definition) is 6. The molecule has 0 bridgehead atoms. The van der Waals surface area contributed by atoms with Crippen molar-refractivity contribution in [3.63, 3.8) is 0 Å². The van der Waals surface area contributed by atoms with Crippen LogP contribution >= 0.6 is 11.6 Å². The monoisotopic (exact) mass is 452 g/mol. The van der Waals surface area contributed by atoms with E-state index in [4.69, 9.17) is 21.1 Å². The zero-order valence-electron chi connectivity index (χ0n) is 18.0. The number of anilines is 1. The number of fused-ring (bicyclic) bond motifs is 1. The fraction of sp³-hybridized carbons (Fsp3) is 0.292. The maximum atomic E-state index is 12.9. The van der Waals surface area contributed by atoms with Gasteiger partial charge < -0.3 is 14.8 Å². The molecule has 1 N–H and O–H groups in total. The Morgan fingerprint density at radius 3 is 2.78 bits per heavy atom. The van der Waals surface area contributed by atoms with E-state index in [1.807, 2.05) is 55.5 Å². The second kappa shape index (κ2) is 9.87. The van der Waals surface area contributed by atoms with Crippen molar-refractivity contribution < 1.29 is 14.3 Å². The minimum absolute atomic E-state index is 0.351. The Hall–Kier alpha value is -3.32. The molecule has 0 spiro atoms. The number of benzene rings is 2. The first kappa shape index (κ1) is 21.9. The molecule has 0 aliphatic carbocycles. The number of allylic oxidation sites excluding steroid dienone is 1. The van der Waals surface area contributed by atoms with E-state index in [2.05, 4.69) is 22.3 Å². The van der Waals surface area contributed by atoms with Gasteiger partial charge in [0.2, 0.25) is 5.95 Å². The van der Waals surface area contributed by atoms with Gasteiger partial charge in [0.1, 0.15) is 24.7 Å². The summed E-state index contributed by atoms with van der Waals surface area (Å²) in [6.45, 7) is 4.71. The molecule has 4 rings (SSSR count). The number of ether oxygens (including phenoxy) is 2. The fourth-order valence-corrected chi connectivity index (χ4v) is 3.80. The van der Waals surface area contributed by atoms with E-state index < -0.39 is 6.04 Å². The van der Waals surface area contributed by atoms with Crippen molar-refractivity contribution in [2.75, 3.05) is 11.9 Å². The molecule has 1 unspecified atom stereocenters. The van der Waals surface area contributed by atoms with Gasteiger partial charge in [0.15, 0.2) is 0 Å². The Bertz CT molecular complexity index is 1120. The van der Waals surface area contributed by atoms with E-state index in [9.17, 15) is 4.79 Å². The summed E-state index contributed by atoms with van der Waals surface area (Å²) in [6.07, 6.45) is 3.25. The molecule has 0 fully saturated rings. The van der Waals surface area contributed by atoms with Crippen molar-refractivity contribution >= 4 is 23.5 Å². The summed E-state index contributed by atoms with van der Waals surface area (Å²) in [5.74, 6) is 0.948. The Kier molecular flexibility index (Phi) is 6.75. The average molecular weight is 453 g/mol.